The third-order valence-corrected chi connectivity index (χ3v) is 10.1. The third-order valence-electron chi connectivity index (χ3n) is 10.1. The molecule has 54 heavy (non-hydrogen) atoms. The van der Waals surface area contributed by atoms with Gasteiger partial charge in [0, 0.05) is 12.8 Å². The largest absolute Gasteiger partial charge is 0.464 e. The fourth-order valence-corrected chi connectivity index (χ4v) is 6.56. The van der Waals surface area contributed by atoms with Gasteiger partial charge in [0.05, 0.1) is 19.1 Å². The zero-order valence-electron chi connectivity index (χ0n) is 35.5. The maximum Gasteiger partial charge on any atom is 0.305 e. The lowest BCUT2D eigenvalue weighted by Gasteiger charge is -2.25. The van der Waals surface area contributed by atoms with E-state index in [2.05, 4.69) is 38.2 Å². The van der Waals surface area contributed by atoms with Crippen molar-refractivity contribution in [3.05, 3.63) is 24.3 Å². The number of nitrogens with zero attached hydrogens (tertiary/aromatic N) is 1. The Labute approximate surface area is 333 Å². The highest BCUT2D eigenvalue weighted by atomic mass is 16.5. The average Bonchev–Trinajstić information content (AvgIpc) is 3.17. The van der Waals surface area contributed by atoms with Gasteiger partial charge in [0.1, 0.15) is 13.2 Å². The Kier molecular flexibility index (Phi) is 40.3. The van der Waals surface area contributed by atoms with E-state index in [1.54, 1.807) is 4.90 Å². The Balaban J connectivity index is 4.16. The van der Waals surface area contributed by atoms with E-state index < -0.39 is 6.04 Å². The summed E-state index contributed by atoms with van der Waals surface area (Å²) in [4.78, 5) is 39.4. The summed E-state index contributed by atoms with van der Waals surface area (Å²) < 4.78 is 10.9. The molecule has 1 amide bonds. The summed E-state index contributed by atoms with van der Waals surface area (Å²) in [6.07, 6.45) is 43.7. The van der Waals surface area contributed by atoms with Gasteiger partial charge in [-0.2, -0.15) is 0 Å². The first-order chi connectivity index (χ1) is 26.5. The molecular formula is C46H87N3O5. The first-order valence-electron chi connectivity index (χ1n) is 22.8. The molecule has 0 saturated carbocycles. The number of unbranched alkanes of at least 4 members (excludes halogenated alkanes) is 23. The summed E-state index contributed by atoms with van der Waals surface area (Å²) in [5.74, 6) is -0.689. The minimum Gasteiger partial charge on any atom is -0.464 e. The van der Waals surface area contributed by atoms with Gasteiger partial charge in [0.2, 0.25) is 5.91 Å². The quantitative estimate of drug-likeness (QED) is 0.0361. The molecule has 0 aromatic carbocycles. The second kappa shape index (κ2) is 42.0. The molecule has 0 aromatic rings. The van der Waals surface area contributed by atoms with Crippen LogP contribution in [0.1, 0.15) is 213 Å². The van der Waals surface area contributed by atoms with E-state index in [0.717, 1.165) is 64.2 Å². The van der Waals surface area contributed by atoms with Gasteiger partial charge in [-0.25, -0.2) is 0 Å². The van der Waals surface area contributed by atoms with E-state index in [1.165, 1.54) is 116 Å². The Hall–Kier alpha value is -2.19. The van der Waals surface area contributed by atoms with Gasteiger partial charge < -0.3 is 25.8 Å². The number of rotatable bonds is 41. The smallest absolute Gasteiger partial charge is 0.305 e. The van der Waals surface area contributed by atoms with Gasteiger partial charge in [-0.05, 0) is 83.6 Å². The van der Waals surface area contributed by atoms with Gasteiger partial charge in [0.15, 0.2) is 0 Å². The van der Waals surface area contributed by atoms with Crippen LogP contribution in [0.25, 0.3) is 0 Å². The predicted molar refractivity (Wildman–Crippen MR) is 228 cm³/mol. The van der Waals surface area contributed by atoms with Gasteiger partial charge in [0.25, 0.3) is 0 Å². The maximum absolute atomic E-state index is 13.1. The van der Waals surface area contributed by atoms with Gasteiger partial charge in [-0.3, -0.25) is 14.4 Å². The van der Waals surface area contributed by atoms with E-state index in [9.17, 15) is 14.4 Å². The molecule has 1 atom stereocenters. The molecule has 0 spiro atoms. The van der Waals surface area contributed by atoms with Crippen LogP contribution in [0.5, 0.6) is 0 Å². The van der Waals surface area contributed by atoms with Gasteiger partial charge in [-0.15, -0.1) is 0 Å². The minimum atomic E-state index is -0.658. The second-order valence-electron chi connectivity index (χ2n) is 15.3. The number of amides is 1. The molecule has 316 valence electrons. The zero-order valence-corrected chi connectivity index (χ0v) is 35.5. The summed E-state index contributed by atoms with van der Waals surface area (Å²) in [6.45, 7) is 5.74. The minimum absolute atomic E-state index is 0.105. The Bertz CT molecular complexity index is 851. The predicted octanol–water partition coefficient (Wildman–Crippen LogP) is 11.4. The van der Waals surface area contributed by atoms with Crippen molar-refractivity contribution in [3.8, 4) is 0 Å². The molecule has 0 bridgehead atoms. The highest BCUT2D eigenvalue weighted by Gasteiger charge is 2.21. The van der Waals surface area contributed by atoms with E-state index in [0.29, 0.717) is 25.8 Å². The van der Waals surface area contributed by atoms with Crippen LogP contribution < -0.4 is 11.5 Å². The molecule has 8 heteroatoms. The second-order valence-corrected chi connectivity index (χ2v) is 15.3. The molecule has 0 radical (unpaired) electrons. The van der Waals surface area contributed by atoms with E-state index in [-0.39, 0.29) is 44.1 Å². The van der Waals surface area contributed by atoms with E-state index >= 15 is 0 Å². The fraction of sp³-hybridized carbons (Fsp3) is 0.848. The number of hydrogen-bond donors (Lipinski definition) is 2. The Morgan fingerprint density at radius 3 is 1.22 bits per heavy atom. The lowest BCUT2D eigenvalue weighted by molar-refractivity contribution is -0.148. The van der Waals surface area contributed by atoms with Crippen LogP contribution in [0.15, 0.2) is 24.3 Å². The lowest BCUT2D eigenvalue weighted by atomic mass is 10.1. The fourth-order valence-electron chi connectivity index (χ4n) is 6.56. The van der Waals surface area contributed by atoms with Crippen LogP contribution in [0.4, 0.5) is 0 Å². The topological polar surface area (TPSA) is 125 Å². The molecule has 0 aliphatic rings. The lowest BCUT2D eigenvalue weighted by Crippen LogP contribution is -2.46. The molecule has 0 aliphatic carbocycles. The first kappa shape index (κ1) is 51.8. The van der Waals surface area contributed by atoms with Crippen LogP contribution in [0.3, 0.4) is 0 Å². The molecule has 8 nitrogen and oxygen atoms in total. The molecule has 0 fully saturated rings. The van der Waals surface area contributed by atoms with Crippen molar-refractivity contribution in [3.63, 3.8) is 0 Å². The molecular weight excluding hydrogens is 675 g/mol. The van der Waals surface area contributed by atoms with Crippen molar-refractivity contribution in [1.29, 1.82) is 0 Å². The molecule has 0 unspecified atom stereocenters. The average molecular weight is 762 g/mol. The standard InChI is InChI=1S/C46H87N3O5/c1-3-5-7-9-11-13-15-17-19-21-23-25-27-29-31-36-44(50)53-41-39-49(46(52)43(48)35-33-34-38-47)40-42-54-45(51)37-32-30-28-26-24-22-20-18-16-14-12-10-8-6-4-2/h17-20,43H,3-16,21-42,47-48H2,1-2H3/b19-17-,20-18-/t43-/m0/s1. The van der Waals surface area contributed by atoms with Gasteiger partial charge >= 0.3 is 11.9 Å². The Morgan fingerprint density at radius 2 is 0.852 bits per heavy atom. The molecule has 0 aromatic heterocycles. The number of carbonyl (C=O) groups excluding carboxylic acids is 3. The van der Waals surface area contributed by atoms with Crippen molar-refractivity contribution in [2.75, 3.05) is 32.8 Å². The number of nitrogens with two attached hydrogens (primary N) is 2. The number of allylic oxidation sites excluding steroid dienone is 4. The molecule has 0 saturated heterocycles. The van der Waals surface area contributed by atoms with Crippen LogP contribution >= 0.6 is 0 Å². The summed E-state index contributed by atoms with van der Waals surface area (Å²) in [6, 6.07) is -0.658. The van der Waals surface area contributed by atoms with Crippen LogP contribution in [-0.2, 0) is 23.9 Å². The maximum atomic E-state index is 13.1. The zero-order chi connectivity index (χ0) is 39.6. The SMILES string of the molecule is CCCCCCCC/C=C\CCCCCCCC(=O)OCCN(CCOC(=O)CCCCCCC/C=C\CCCCCCCC)C(=O)[C@@H](N)CCCCN. The molecule has 0 aliphatic heterocycles. The summed E-state index contributed by atoms with van der Waals surface area (Å²) in [5, 5.41) is 0. The van der Waals surface area contributed by atoms with Crippen molar-refractivity contribution in [1.82, 2.24) is 4.90 Å². The molecule has 0 heterocycles. The van der Waals surface area contributed by atoms with E-state index in [1.807, 2.05) is 0 Å². The van der Waals surface area contributed by atoms with Crippen molar-refractivity contribution < 1.29 is 23.9 Å². The number of ether oxygens (including phenoxy) is 2. The normalized spacial score (nSPS) is 12.1. The highest BCUT2D eigenvalue weighted by Crippen LogP contribution is 2.12. The number of hydrogen-bond acceptors (Lipinski definition) is 7. The summed E-state index contributed by atoms with van der Waals surface area (Å²) in [7, 11) is 0. The number of carbonyl (C=O) groups is 3. The molecule has 0 rings (SSSR count). The first-order valence-corrected chi connectivity index (χ1v) is 22.8. The van der Waals surface area contributed by atoms with Crippen molar-refractivity contribution in [2.24, 2.45) is 11.5 Å². The Morgan fingerprint density at radius 1 is 0.500 bits per heavy atom. The highest BCUT2D eigenvalue weighted by molar-refractivity contribution is 5.81. The van der Waals surface area contributed by atoms with Crippen molar-refractivity contribution >= 4 is 17.8 Å². The number of esters is 2. The van der Waals surface area contributed by atoms with Crippen LogP contribution in [-0.4, -0.2) is 61.6 Å². The van der Waals surface area contributed by atoms with Crippen LogP contribution in [0, 0.1) is 0 Å². The molecule has 4 N–H and O–H groups in total. The monoisotopic (exact) mass is 762 g/mol. The van der Waals surface area contributed by atoms with E-state index in [4.69, 9.17) is 20.9 Å². The van der Waals surface area contributed by atoms with Gasteiger partial charge in [-0.1, -0.05) is 147 Å². The van der Waals surface area contributed by atoms with Crippen LogP contribution in [0.2, 0.25) is 0 Å². The summed E-state index contributed by atoms with van der Waals surface area (Å²) >= 11 is 0. The summed E-state index contributed by atoms with van der Waals surface area (Å²) in [5.41, 5.74) is 11.8. The van der Waals surface area contributed by atoms with Crippen molar-refractivity contribution in [2.45, 2.75) is 219 Å². The third kappa shape index (κ3) is 36.8.